The summed E-state index contributed by atoms with van der Waals surface area (Å²) in [5.74, 6) is -0.343. The van der Waals surface area contributed by atoms with Gasteiger partial charge in [0.05, 0.1) is 0 Å². The second kappa shape index (κ2) is 5.51. The molecule has 1 aromatic carbocycles. The number of carbonyl (C=O) groups is 1. The van der Waals surface area contributed by atoms with Crippen LogP contribution in [0.25, 0.3) is 0 Å². The molecule has 0 fully saturated rings. The SMILES string of the molecule is CCN(C)CCc1ccccc1C(N)=O. The normalized spacial score (nSPS) is 10.6. The zero-order valence-corrected chi connectivity index (χ0v) is 9.36. The van der Waals surface area contributed by atoms with E-state index < -0.39 is 0 Å². The Kier molecular flexibility index (Phi) is 4.31. The molecule has 0 radical (unpaired) electrons. The van der Waals surface area contributed by atoms with Crippen LogP contribution in [0.5, 0.6) is 0 Å². The Morgan fingerprint density at radius 1 is 1.40 bits per heavy atom. The molecule has 0 atom stereocenters. The highest BCUT2D eigenvalue weighted by atomic mass is 16.1. The first-order chi connectivity index (χ1) is 7.15. The summed E-state index contributed by atoms with van der Waals surface area (Å²) in [6.07, 6.45) is 0.865. The molecular formula is C12H18N2O. The first kappa shape index (κ1) is 11.7. The maximum atomic E-state index is 11.1. The summed E-state index contributed by atoms with van der Waals surface area (Å²) in [6, 6.07) is 7.52. The van der Waals surface area contributed by atoms with Crippen molar-refractivity contribution in [3.05, 3.63) is 35.4 Å². The summed E-state index contributed by atoms with van der Waals surface area (Å²) in [7, 11) is 2.06. The van der Waals surface area contributed by atoms with Gasteiger partial charge in [-0.1, -0.05) is 25.1 Å². The summed E-state index contributed by atoms with van der Waals surface area (Å²) in [5.41, 5.74) is 6.97. The number of primary amides is 1. The van der Waals surface area contributed by atoms with E-state index in [-0.39, 0.29) is 5.91 Å². The maximum absolute atomic E-state index is 11.1. The Morgan fingerprint density at radius 3 is 2.67 bits per heavy atom. The molecule has 1 amide bonds. The predicted octanol–water partition coefficient (Wildman–Crippen LogP) is 1.28. The second-order valence-electron chi connectivity index (χ2n) is 3.67. The van der Waals surface area contributed by atoms with Crippen molar-refractivity contribution in [3.63, 3.8) is 0 Å². The van der Waals surface area contributed by atoms with Crippen LogP contribution in [-0.4, -0.2) is 30.9 Å². The standard InChI is InChI=1S/C12H18N2O/c1-3-14(2)9-8-10-6-4-5-7-11(10)12(13)15/h4-7H,3,8-9H2,1-2H3,(H2,13,15). The summed E-state index contributed by atoms with van der Waals surface area (Å²) < 4.78 is 0. The Labute approximate surface area is 90.9 Å². The molecule has 0 aromatic heterocycles. The first-order valence-electron chi connectivity index (χ1n) is 5.21. The highest BCUT2D eigenvalue weighted by Crippen LogP contribution is 2.09. The van der Waals surface area contributed by atoms with Crippen LogP contribution >= 0.6 is 0 Å². The third-order valence-corrected chi connectivity index (χ3v) is 2.59. The fourth-order valence-corrected chi connectivity index (χ4v) is 1.45. The van der Waals surface area contributed by atoms with E-state index in [9.17, 15) is 4.79 Å². The van der Waals surface area contributed by atoms with Crippen LogP contribution in [0, 0.1) is 0 Å². The first-order valence-corrected chi connectivity index (χ1v) is 5.21. The Hall–Kier alpha value is -1.35. The number of hydrogen-bond acceptors (Lipinski definition) is 2. The number of carbonyl (C=O) groups excluding carboxylic acids is 1. The van der Waals surface area contributed by atoms with Gasteiger partial charge in [0.2, 0.25) is 5.91 Å². The molecular weight excluding hydrogens is 188 g/mol. The van der Waals surface area contributed by atoms with E-state index in [1.54, 1.807) is 6.07 Å². The molecule has 2 N–H and O–H groups in total. The van der Waals surface area contributed by atoms with E-state index in [4.69, 9.17) is 5.73 Å². The predicted molar refractivity (Wildman–Crippen MR) is 61.8 cm³/mol. The molecule has 15 heavy (non-hydrogen) atoms. The molecule has 3 heteroatoms. The van der Waals surface area contributed by atoms with Crippen LogP contribution < -0.4 is 5.73 Å². The van der Waals surface area contributed by atoms with Crippen molar-refractivity contribution in [3.8, 4) is 0 Å². The Balaban J connectivity index is 2.72. The summed E-state index contributed by atoms with van der Waals surface area (Å²) in [5, 5.41) is 0. The molecule has 0 spiro atoms. The highest BCUT2D eigenvalue weighted by molar-refractivity contribution is 5.94. The van der Waals surface area contributed by atoms with Gasteiger partial charge in [0.15, 0.2) is 0 Å². The van der Waals surface area contributed by atoms with Gasteiger partial charge in [0, 0.05) is 12.1 Å². The average Bonchev–Trinajstić information content (AvgIpc) is 2.26. The lowest BCUT2D eigenvalue weighted by atomic mass is 10.0. The number of likely N-dealkylation sites (N-methyl/N-ethyl adjacent to an activating group) is 1. The smallest absolute Gasteiger partial charge is 0.248 e. The minimum Gasteiger partial charge on any atom is -0.366 e. The van der Waals surface area contributed by atoms with Crippen molar-refractivity contribution >= 4 is 5.91 Å². The third kappa shape index (κ3) is 3.36. The van der Waals surface area contributed by atoms with Gasteiger partial charge >= 0.3 is 0 Å². The lowest BCUT2D eigenvalue weighted by molar-refractivity contribution is 0.0999. The average molecular weight is 206 g/mol. The van der Waals surface area contributed by atoms with E-state index in [1.807, 2.05) is 18.2 Å². The number of hydrogen-bond donors (Lipinski definition) is 1. The van der Waals surface area contributed by atoms with Crippen LogP contribution in [-0.2, 0) is 6.42 Å². The molecule has 0 aliphatic carbocycles. The zero-order chi connectivity index (χ0) is 11.3. The molecule has 1 aromatic rings. The topological polar surface area (TPSA) is 46.3 Å². The lowest BCUT2D eigenvalue weighted by Gasteiger charge is -2.14. The summed E-state index contributed by atoms with van der Waals surface area (Å²) >= 11 is 0. The quantitative estimate of drug-likeness (QED) is 0.788. The molecule has 0 unspecified atom stereocenters. The van der Waals surface area contributed by atoms with E-state index in [1.165, 1.54) is 0 Å². The Bertz CT molecular complexity index is 336. The van der Waals surface area contributed by atoms with Crippen LogP contribution in [0.1, 0.15) is 22.8 Å². The second-order valence-corrected chi connectivity index (χ2v) is 3.67. The van der Waals surface area contributed by atoms with E-state index >= 15 is 0 Å². The highest BCUT2D eigenvalue weighted by Gasteiger charge is 2.07. The number of nitrogens with two attached hydrogens (primary N) is 1. The molecule has 3 nitrogen and oxygen atoms in total. The largest absolute Gasteiger partial charge is 0.366 e. The molecule has 0 saturated heterocycles. The van der Waals surface area contributed by atoms with E-state index in [0.29, 0.717) is 5.56 Å². The van der Waals surface area contributed by atoms with Crippen molar-refractivity contribution in [1.82, 2.24) is 4.90 Å². The van der Waals surface area contributed by atoms with Gasteiger partial charge in [0.25, 0.3) is 0 Å². The van der Waals surface area contributed by atoms with Crippen LogP contribution in [0.4, 0.5) is 0 Å². The molecule has 0 aliphatic heterocycles. The van der Waals surface area contributed by atoms with Gasteiger partial charge in [-0.3, -0.25) is 4.79 Å². The molecule has 1 rings (SSSR count). The van der Waals surface area contributed by atoms with Crippen molar-refractivity contribution in [2.75, 3.05) is 20.1 Å². The van der Waals surface area contributed by atoms with E-state index in [2.05, 4.69) is 18.9 Å². The molecule has 0 bridgehead atoms. The third-order valence-electron chi connectivity index (χ3n) is 2.59. The van der Waals surface area contributed by atoms with Gasteiger partial charge in [-0.2, -0.15) is 0 Å². The monoisotopic (exact) mass is 206 g/mol. The van der Waals surface area contributed by atoms with Crippen molar-refractivity contribution in [2.24, 2.45) is 5.73 Å². The van der Waals surface area contributed by atoms with Crippen molar-refractivity contribution < 1.29 is 4.79 Å². The molecule has 82 valence electrons. The zero-order valence-electron chi connectivity index (χ0n) is 9.36. The fraction of sp³-hybridized carbons (Fsp3) is 0.417. The van der Waals surface area contributed by atoms with Gasteiger partial charge in [-0.25, -0.2) is 0 Å². The summed E-state index contributed by atoms with van der Waals surface area (Å²) in [4.78, 5) is 13.4. The number of benzene rings is 1. The number of rotatable bonds is 5. The van der Waals surface area contributed by atoms with Gasteiger partial charge in [-0.15, -0.1) is 0 Å². The fourth-order valence-electron chi connectivity index (χ4n) is 1.45. The van der Waals surface area contributed by atoms with Crippen LogP contribution in [0.3, 0.4) is 0 Å². The summed E-state index contributed by atoms with van der Waals surface area (Å²) in [6.45, 7) is 4.07. The van der Waals surface area contributed by atoms with Gasteiger partial charge < -0.3 is 10.6 Å². The van der Waals surface area contributed by atoms with Crippen LogP contribution in [0.2, 0.25) is 0 Å². The van der Waals surface area contributed by atoms with Gasteiger partial charge in [0.1, 0.15) is 0 Å². The van der Waals surface area contributed by atoms with E-state index in [0.717, 1.165) is 25.1 Å². The molecule has 0 saturated carbocycles. The number of amides is 1. The minimum absolute atomic E-state index is 0.343. The molecule has 0 heterocycles. The maximum Gasteiger partial charge on any atom is 0.248 e. The van der Waals surface area contributed by atoms with Crippen LogP contribution in [0.15, 0.2) is 24.3 Å². The Morgan fingerprint density at radius 2 is 2.07 bits per heavy atom. The minimum atomic E-state index is -0.343. The number of nitrogens with zero attached hydrogens (tertiary/aromatic N) is 1. The lowest BCUT2D eigenvalue weighted by Crippen LogP contribution is -2.22. The van der Waals surface area contributed by atoms with Crippen molar-refractivity contribution in [2.45, 2.75) is 13.3 Å². The van der Waals surface area contributed by atoms with Crippen molar-refractivity contribution in [1.29, 1.82) is 0 Å². The van der Waals surface area contributed by atoms with Gasteiger partial charge in [-0.05, 0) is 31.6 Å². The molecule has 0 aliphatic rings.